The lowest BCUT2D eigenvalue weighted by Gasteiger charge is -2.36. The molecule has 1 amide bonds. The normalized spacial score (nSPS) is 15.5. The van der Waals surface area contributed by atoms with Crippen LogP contribution in [0.15, 0.2) is 48.5 Å². The van der Waals surface area contributed by atoms with E-state index >= 15 is 0 Å². The van der Waals surface area contributed by atoms with Gasteiger partial charge in [0.1, 0.15) is 11.3 Å². The molecule has 0 aliphatic heterocycles. The van der Waals surface area contributed by atoms with Crippen molar-refractivity contribution in [3.05, 3.63) is 59.7 Å². The molecule has 0 atom stereocenters. The van der Waals surface area contributed by atoms with Crippen LogP contribution >= 0.6 is 0 Å². The van der Waals surface area contributed by atoms with Gasteiger partial charge in [0.15, 0.2) is 0 Å². The summed E-state index contributed by atoms with van der Waals surface area (Å²) in [7, 11) is 1.34. The summed E-state index contributed by atoms with van der Waals surface area (Å²) in [6.07, 6.45) is 4.84. The molecule has 0 heterocycles. The van der Waals surface area contributed by atoms with Crippen molar-refractivity contribution in [2.24, 2.45) is 5.92 Å². The van der Waals surface area contributed by atoms with Crippen molar-refractivity contribution in [3.8, 4) is 5.75 Å². The van der Waals surface area contributed by atoms with E-state index < -0.39 is 11.4 Å². The molecule has 1 aliphatic carbocycles. The minimum absolute atomic E-state index is 0.0277. The molecule has 1 fully saturated rings. The predicted octanol–water partition coefficient (Wildman–Crippen LogP) is 5.35. The second-order valence-corrected chi connectivity index (χ2v) is 8.37. The Hall–Kier alpha value is -2.82. The molecular formula is C25H31NO4. The monoisotopic (exact) mass is 409 g/mol. The molecule has 160 valence electrons. The molecule has 1 N–H and O–H groups in total. The molecular weight excluding hydrogens is 378 g/mol. The Morgan fingerprint density at radius 2 is 1.73 bits per heavy atom. The fourth-order valence-electron chi connectivity index (χ4n) is 4.07. The molecule has 5 heteroatoms. The molecule has 0 saturated heterocycles. The number of nitrogens with one attached hydrogen (secondary N) is 1. The molecule has 2 aromatic rings. The number of amides is 1. The van der Waals surface area contributed by atoms with E-state index in [1.54, 1.807) is 18.2 Å². The summed E-state index contributed by atoms with van der Waals surface area (Å²) >= 11 is 0. The fourth-order valence-corrected chi connectivity index (χ4v) is 4.07. The van der Waals surface area contributed by atoms with Crippen molar-refractivity contribution < 1.29 is 19.1 Å². The van der Waals surface area contributed by atoms with Crippen LogP contribution in [0.1, 0.15) is 61.9 Å². The second kappa shape index (κ2) is 9.79. The van der Waals surface area contributed by atoms with Crippen molar-refractivity contribution in [2.75, 3.05) is 19.0 Å². The highest BCUT2D eigenvalue weighted by molar-refractivity contribution is 6.01. The summed E-state index contributed by atoms with van der Waals surface area (Å²) in [5.41, 5.74) is 1.39. The lowest BCUT2D eigenvalue weighted by molar-refractivity contribution is -0.122. The molecule has 0 radical (unpaired) electrons. The maximum atomic E-state index is 13.5. The molecule has 2 aromatic carbocycles. The van der Waals surface area contributed by atoms with E-state index in [-0.39, 0.29) is 5.91 Å². The van der Waals surface area contributed by atoms with Crippen molar-refractivity contribution in [2.45, 2.75) is 51.4 Å². The van der Waals surface area contributed by atoms with Gasteiger partial charge >= 0.3 is 5.97 Å². The third-order valence-corrected chi connectivity index (χ3v) is 5.68. The van der Waals surface area contributed by atoms with Crippen LogP contribution < -0.4 is 10.1 Å². The molecule has 30 heavy (non-hydrogen) atoms. The van der Waals surface area contributed by atoms with Crippen molar-refractivity contribution in [1.82, 2.24) is 0 Å². The predicted molar refractivity (Wildman–Crippen MR) is 118 cm³/mol. The number of benzene rings is 2. The summed E-state index contributed by atoms with van der Waals surface area (Å²) < 4.78 is 10.7. The van der Waals surface area contributed by atoms with Crippen LogP contribution in [-0.4, -0.2) is 25.6 Å². The first-order chi connectivity index (χ1) is 14.5. The number of carbonyl (C=O) groups excluding carboxylic acids is 2. The molecule has 0 bridgehead atoms. The number of rotatable bonds is 7. The van der Waals surface area contributed by atoms with Crippen molar-refractivity contribution in [3.63, 3.8) is 0 Å². The van der Waals surface area contributed by atoms with Gasteiger partial charge in [-0.25, -0.2) is 4.79 Å². The maximum Gasteiger partial charge on any atom is 0.341 e. The smallest absolute Gasteiger partial charge is 0.341 e. The highest BCUT2D eigenvalue weighted by Gasteiger charge is 2.41. The quantitative estimate of drug-likeness (QED) is 0.626. The van der Waals surface area contributed by atoms with Crippen LogP contribution in [0.3, 0.4) is 0 Å². The highest BCUT2D eigenvalue weighted by atomic mass is 16.5. The van der Waals surface area contributed by atoms with E-state index in [9.17, 15) is 9.59 Å². The van der Waals surface area contributed by atoms with Crippen LogP contribution in [-0.2, 0) is 14.9 Å². The summed E-state index contributed by atoms with van der Waals surface area (Å²) in [6, 6.07) is 15.1. The first kappa shape index (κ1) is 21.9. The molecule has 1 aliphatic rings. The Balaban J connectivity index is 1.88. The molecule has 0 spiro atoms. The van der Waals surface area contributed by atoms with E-state index in [0.29, 0.717) is 29.5 Å². The number of methoxy groups -OCH3 is 1. The average molecular weight is 410 g/mol. The molecule has 5 nitrogen and oxygen atoms in total. The van der Waals surface area contributed by atoms with Crippen molar-refractivity contribution >= 4 is 17.6 Å². The van der Waals surface area contributed by atoms with Crippen molar-refractivity contribution in [1.29, 1.82) is 0 Å². The Morgan fingerprint density at radius 1 is 1.03 bits per heavy atom. The minimum atomic E-state index is -0.544. The van der Waals surface area contributed by atoms with E-state index in [0.717, 1.165) is 37.7 Å². The van der Waals surface area contributed by atoms with Crippen LogP contribution in [0.5, 0.6) is 5.75 Å². The summed E-state index contributed by atoms with van der Waals surface area (Å²) in [6.45, 7) is 4.58. The zero-order valence-electron chi connectivity index (χ0n) is 18.1. The first-order valence-corrected chi connectivity index (χ1v) is 10.7. The van der Waals surface area contributed by atoms with Gasteiger partial charge < -0.3 is 14.8 Å². The van der Waals surface area contributed by atoms with Gasteiger partial charge in [0.25, 0.3) is 0 Å². The molecule has 0 unspecified atom stereocenters. The Morgan fingerprint density at radius 3 is 2.37 bits per heavy atom. The van der Waals surface area contributed by atoms with E-state index in [1.807, 2.05) is 44.2 Å². The van der Waals surface area contributed by atoms with Crippen LogP contribution in [0.25, 0.3) is 0 Å². The number of hydrogen-bond acceptors (Lipinski definition) is 4. The van der Waals surface area contributed by atoms with E-state index in [4.69, 9.17) is 9.47 Å². The van der Waals surface area contributed by atoms with Gasteiger partial charge in [-0.3, -0.25) is 4.79 Å². The third-order valence-electron chi connectivity index (χ3n) is 5.68. The third kappa shape index (κ3) is 4.84. The zero-order valence-corrected chi connectivity index (χ0v) is 18.1. The average Bonchev–Trinajstić information content (AvgIpc) is 2.78. The van der Waals surface area contributed by atoms with Gasteiger partial charge in [-0.1, -0.05) is 63.4 Å². The minimum Gasteiger partial charge on any atom is -0.492 e. The summed E-state index contributed by atoms with van der Waals surface area (Å²) in [4.78, 5) is 25.8. The van der Waals surface area contributed by atoms with Gasteiger partial charge in [0, 0.05) is 5.69 Å². The fraction of sp³-hybridized carbons (Fsp3) is 0.440. The molecule has 0 aromatic heterocycles. The maximum absolute atomic E-state index is 13.5. The van der Waals surface area contributed by atoms with Gasteiger partial charge in [-0.2, -0.15) is 0 Å². The first-order valence-electron chi connectivity index (χ1n) is 10.7. The topological polar surface area (TPSA) is 64.6 Å². The molecule has 1 saturated carbocycles. The Labute approximate surface area is 178 Å². The van der Waals surface area contributed by atoms with Crippen LogP contribution in [0, 0.1) is 5.92 Å². The second-order valence-electron chi connectivity index (χ2n) is 8.37. The van der Waals surface area contributed by atoms with Crippen LogP contribution in [0.2, 0.25) is 0 Å². The number of carbonyl (C=O) groups is 2. The van der Waals surface area contributed by atoms with Gasteiger partial charge in [0.2, 0.25) is 5.91 Å². The standard InChI is InChI=1S/C25H31NO4/c1-18(2)17-30-22-13-12-20(16-21(22)23(27)29-3)26-24(28)25(14-8-5-9-15-25)19-10-6-4-7-11-19/h4,6-7,10-13,16,18H,5,8-9,14-15,17H2,1-3H3,(H,26,28). The Bertz CT molecular complexity index is 870. The molecule has 3 rings (SSSR count). The number of hydrogen-bond donors (Lipinski definition) is 1. The van der Waals surface area contributed by atoms with Gasteiger partial charge in [0.05, 0.1) is 19.1 Å². The lowest BCUT2D eigenvalue weighted by atomic mass is 9.68. The Kier molecular flexibility index (Phi) is 7.14. The van der Waals surface area contributed by atoms with Crippen LogP contribution in [0.4, 0.5) is 5.69 Å². The van der Waals surface area contributed by atoms with E-state index in [2.05, 4.69) is 5.32 Å². The summed E-state index contributed by atoms with van der Waals surface area (Å²) in [5.74, 6) is 0.274. The number of anilines is 1. The number of esters is 1. The largest absolute Gasteiger partial charge is 0.492 e. The zero-order chi connectivity index (χ0) is 21.6. The lowest BCUT2D eigenvalue weighted by Crippen LogP contribution is -2.42. The van der Waals surface area contributed by atoms with Gasteiger partial charge in [-0.05, 0) is 42.5 Å². The SMILES string of the molecule is COC(=O)c1cc(NC(=O)C2(c3ccccc3)CCCCC2)ccc1OCC(C)C. The highest BCUT2D eigenvalue weighted by Crippen LogP contribution is 2.40. The van der Waals surface area contributed by atoms with Gasteiger partial charge in [-0.15, -0.1) is 0 Å². The number of ether oxygens (including phenoxy) is 2. The van der Waals surface area contributed by atoms with E-state index in [1.165, 1.54) is 7.11 Å². The summed E-state index contributed by atoms with van der Waals surface area (Å²) in [5, 5.41) is 3.06.